The molecule has 0 aliphatic rings. The van der Waals surface area contributed by atoms with E-state index in [1.54, 1.807) is 43.3 Å². The van der Waals surface area contributed by atoms with E-state index in [1.165, 1.54) is 0 Å². The maximum absolute atomic E-state index is 13.1. The van der Waals surface area contributed by atoms with Crippen molar-refractivity contribution >= 4 is 21.6 Å². The summed E-state index contributed by atoms with van der Waals surface area (Å²) >= 11 is 0. The van der Waals surface area contributed by atoms with Crippen molar-refractivity contribution in [2.24, 2.45) is 0 Å². The van der Waals surface area contributed by atoms with Gasteiger partial charge in [-0.05, 0) is 63.1 Å². The van der Waals surface area contributed by atoms with Crippen molar-refractivity contribution in [1.82, 2.24) is 5.32 Å². The predicted octanol–water partition coefficient (Wildman–Crippen LogP) is 2.94. The van der Waals surface area contributed by atoms with Gasteiger partial charge in [-0.1, -0.05) is 23.8 Å². The molecule has 6 heteroatoms. The molecule has 1 N–H and O–H groups in total. The molecule has 0 aliphatic heterocycles. The number of anilines is 1. The van der Waals surface area contributed by atoms with Gasteiger partial charge in [-0.15, -0.1) is 0 Å². The van der Waals surface area contributed by atoms with Crippen LogP contribution < -0.4 is 9.62 Å². The van der Waals surface area contributed by atoms with E-state index in [2.05, 4.69) is 5.32 Å². The van der Waals surface area contributed by atoms with Gasteiger partial charge < -0.3 is 5.32 Å². The Labute approximate surface area is 149 Å². The van der Waals surface area contributed by atoms with Crippen LogP contribution in [0.4, 0.5) is 5.69 Å². The number of rotatable bonds is 6. The van der Waals surface area contributed by atoms with Gasteiger partial charge in [-0.25, -0.2) is 8.42 Å². The van der Waals surface area contributed by atoms with Crippen LogP contribution in [0.3, 0.4) is 0 Å². The molecule has 0 fully saturated rings. The Morgan fingerprint density at radius 3 is 2.20 bits per heavy atom. The molecular formula is C19H24N2O3S. The molecule has 0 unspecified atom stereocenters. The van der Waals surface area contributed by atoms with Crippen molar-refractivity contribution in [3.63, 3.8) is 0 Å². The average Bonchev–Trinajstić information content (AvgIpc) is 2.56. The molecule has 0 saturated carbocycles. The first-order valence-corrected chi connectivity index (χ1v) is 9.63. The maximum Gasteiger partial charge on any atom is 0.264 e. The fourth-order valence-corrected chi connectivity index (χ4v) is 3.83. The van der Waals surface area contributed by atoms with E-state index in [0.717, 1.165) is 21.0 Å². The van der Waals surface area contributed by atoms with Gasteiger partial charge in [0.15, 0.2) is 0 Å². The quantitative estimate of drug-likeness (QED) is 0.861. The number of amides is 1. The number of carbonyl (C=O) groups is 1. The van der Waals surface area contributed by atoms with E-state index in [1.807, 2.05) is 26.8 Å². The zero-order chi connectivity index (χ0) is 18.6. The fourth-order valence-electron chi connectivity index (χ4n) is 2.42. The molecule has 2 rings (SSSR count). The van der Waals surface area contributed by atoms with Crippen LogP contribution in [0.2, 0.25) is 0 Å². The molecule has 0 aromatic heterocycles. The van der Waals surface area contributed by atoms with E-state index in [-0.39, 0.29) is 17.3 Å². The second-order valence-corrected chi connectivity index (χ2v) is 7.91. The molecule has 0 radical (unpaired) electrons. The van der Waals surface area contributed by atoms with E-state index in [0.29, 0.717) is 12.2 Å². The Hall–Kier alpha value is -2.34. The summed E-state index contributed by atoms with van der Waals surface area (Å²) in [6, 6.07) is 12.0. The normalized spacial score (nSPS) is 11.2. The summed E-state index contributed by atoms with van der Waals surface area (Å²) in [5.74, 6) is -0.337. The third-order valence-corrected chi connectivity index (χ3v) is 5.84. The van der Waals surface area contributed by atoms with Crippen molar-refractivity contribution in [3.05, 3.63) is 59.2 Å². The van der Waals surface area contributed by atoms with Crippen LogP contribution >= 0.6 is 0 Å². The van der Waals surface area contributed by atoms with Crippen molar-refractivity contribution in [2.45, 2.75) is 32.6 Å². The predicted molar refractivity (Wildman–Crippen MR) is 100 cm³/mol. The highest BCUT2D eigenvalue weighted by molar-refractivity contribution is 7.92. The highest BCUT2D eigenvalue weighted by Crippen LogP contribution is 2.25. The lowest BCUT2D eigenvalue weighted by atomic mass is 10.1. The zero-order valence-corrected chi connectivity index (χ0v) is 15.9. The van der Waals surface area contributed by atoms with Gasteiger partial charge in [-0.2, -0.15) is 0 Å². The smallest absolute Gasteiger partial charge is 0.264 e. The third kappa shape index (κ3) is 4.39. The summed E-state index contributed by atoms with van der Waals surface area (Å²) in [7, 11) is -3.84. The zero-order valence-electron chi connectivity index (χ0n) is 15.0. The van der Waals surface area contributed by atoms with Gasteiger partial charge in [0.05, 0.1) is 10.6 Å². The van der Waals surface area contributed by atoms with E-state index >= 15 is 0 Å². The van der Waals surface area contributed by atoms with Crippen LogP contribution in [0.15, 0.2) is 47.4 Å². The number of carbonyl (C=O) groups excluding carboxylic acids is 1. The molecule has 2 aromatic rings. The molecule has 0 aliphatic carbocycles. The molecule has 134 valence electrons. The molecule has 0 bridgehead atoms. The van der Waals surface area contributed by atoms with Crippen LogP contribution in [0.25, 0.3) is 0 Å². The number of hydrogen-bond acceptors (Lipinski definition) is 3. The topological polar surface area (TPSA) is 66.5 Å². The molecule has 0 saturated heterocycles. The number of likely N-dealkylation sites (N-methyl/N-ethyl adjacent to an activating group) is 1. The van der Waals surface area contributed by atoms with Gasteiger partial charge in [0.25, 0.3) is 10.0 Å². The van der Waals surface area contributed by atoms with Gasteiger partial charge in [-0.3, -0.25) is 9.10 Å². The molecule has 0 spiro atoms. The molecular weight excluding hydrogens is 336 g/mol. The van der Waals surface area contributed by atoms with Gasteiger partial charge in [0, 0.05) is 6.54 Å². The number of hydrogen-bond donors (Lipinski definition) is 1. The van der Waals surface area contributed by atoms with Crippen molar-refractivity contribution in [1.29, 1.82) is 0 Å². The van der Waals surface area contributed by atoms with Crippen LogP contribution in [0, 0.1) is 20.8 Å². The molecule has 0 atom stereocenters. The summed E-state index contributed by atoms with van der Waals surface area (Å²) in [5.41, 5.74) is 3.49. The Bertz CT molecular complexity index is 859. The van der Waals surface area contributed by atoms with Gasteiger partial charge in [0.2, 0.25) is 5.91 Å². The summed E-state index contributed by atoms with van der Waals surface area (Å²) < 4.78 is 27.4. The lowest BCUT2D eigenvalue weighted by Gasteiger charge is -2.24. The van der Waals surface area contributed by atoms with Crippen LogP contribution in [0.5, 0.6) is 0 Å². The third-order valence-electron chi connectivity index (χ3n) is 4.05. The Morgan fingerprint density at radius 2 is 1.64 bits per heavy atom. The van der Waals surface area contributed by atoms with Crippen molar-refractivity contribution in [3.8, 4) is 0 Å². The van der Waals surface area contributed by atoms with Crippen molar-refractivity contribution < 1.29 is 13.2 Å². The van der Waals surface area contributed by atoms with Crippen LogP contribution in [0.1, 0.15) is 23.6 Å². The largest absolute Gasteiger partial charge is 0.355 e. The summed E-state index contributed by atoms with van der Waals surface area (Å²) in [5, 5.41) is 2.66. The number of nitrogens with one attached hydrogen (secondary N) is 1. The van der Waals surface area contributed by atoms with E-state index in [4.69, 9.17) is 0 Å². The van der Waals surface area contributed by atoms with E-state index in [9.17, 15) is 13.2 Å². The number of benzene rings is 2. The lowest BCUT2D eigenvalue weighted by molar-refractivity contribution is -0.119. The maximum atomic E-state index is 13.1. The Balaban J connectivity index is 2.51. The minimum atomic E-state index is -3.84. The standard InChI is InChI=1S/C19H24N2O3S/c1-5-20-19(22)13-21(17-9-8-15(3)16(4)12-17)25(23,24)18-10-6-14(2)7-11-18/h6-12H,5,13H2,1-4H3,(H,20,22). The highest BCUT2D eigenvalue weighted by Gasteiger charge is 2.27. The summed E-state index contributed by atoms with van der Waals surface area (Å²) in [4.78, 5) is 12.3. The molecule has 0 heterocycles. The highest BCUT2D eigenvalue weighted by atomic mass is 32.2. The first kappa shape index (κ1) is 19.0. The first-order valence-electron chi connectivity index (χ1n) is 8.19. The molecule has 5 nitrogen and oxygen atoms in total. The van der Waals surface area contributed by atoms with E-state index < -0.39 is 10.0 Å². The number of nitrogens with zero attached hydrogens (tertiary/aromatic N) is 1. The SMILES string of the molecule is CCNC(=O)CN(c1ccc(C)c(C)c1)S(=O)(=O)c1ccc(C)cc1. The lowest BCUT2D eigenvalue weighted by Crippen LogP contribution is -2.40. The van der Waals surface area contributed by atoms with Gasteiger partial charge in [0.1, 0.15) is 6.54 Å². The Kier molecular flexibility index (Phi) is 5.85. The van der Waals surface area contributed by atoms with Crippen LogP contribution in [-0.4, -0.2) is 27.4 Å². The molecule has 1 amide bonds. The first-order chi connectivity index (χ1) is 11.8. The molecule has 25 heavy (non-hydrogen) atoms. The minimum absolute atomic E-state index is 0.167. The summed E-state index contributed by atoms with van der Waals surface area (Å²) in [6.45, 7) is 7.76. The molecule has 2 aromatic carbocycles. The van der Waals surface area contributed by atoms with Crippen molar-refractivity contribution in [2.75, 3.05) is 17.4 Å². The number of sulfonamides is 1. The monoisotopic (exact) mass is 360 g/mol. The average molecular weight is 360 g/mol. The fraction of sp³-hybridized carbons (Fsp3) is 0.316. The second kappa shape index (κ2) is 7.70. The number of aryl methyl sites for hydroxylation is 3. The minimum Gasteiger partial charge on any atom is -0.355 e. The Morgan fingerprint density at radius 1 is 1.00 bits per heavy atom. The second-order valence-electron chi connectivity index (χ2n) is 6.05. The van der Waals surface area contributed by atoms with Gasteiger partial charge >= 0.3 is 0 Å². The van der Waals surface area contributed by atoms with Crippen LogP contribution in [-0.2, 0) is 14.8 Å². The summed E-state index contributed by atoms with van der Waals surface area (Å²) in [6.07, 6.45) is 0.